The second-order valence-electron chi connectivity index (χ2n) is 5.20. The third kappa shape index (κ3) is 3.26. The van der Waals surface area contributed by atoms with E-state index in [2.05, 4.69) is 9.71 Å². The van der Waals surface area contributed by atoms with E-state index in [1.165, 1.54) is 29.7 Å². The van der Waals surface area contributed by atoms with E-state index in [1.807, 2.05) is 0 Å². The van der Waals surface area contributed by atoms with E-state index in [0.29, 0.717) is 10.6 Å². The highest BCUT2D eigenvalue weighted by atomic mass is 35.5. The molecule has 0 aromatic carbocycles. The van der Waals surface area contributed by atoms with Gasteiger partial charge in [0.2, 0.25) is 0 Å². The van der Waals surface area contributed by atoms with Crippen molar-refractivity contribution in [3.63, 3.8) is 0 Å². The predicted octanol–water partition coefficient (Wildman–Crippen LogP) is 3.26. The van der Waals surface area contributed by atoms with Gasteiger partial charge in [0.1, 0.15) is 15.0 Å². The molecule has 0 bridgehead atoms. The summed E-state index contributed by atoms with van der Waals surface area (Å²) >= 11 is 6.98. The van der Waals surface area contributed by atoms with Gasteiger partial charge in [-0.3, -0.25) is 4.72 Å². The number of esters is 1. The average molecular weight is 387 g/mol. The lowest BCUT2D eigenvalue weighted by molar-refractivity contribution is 0.0527. The Labute approximate surface area is 148 Å². The Morgan fingerprint density at radius 1 is 1.42 bits per heavy atom. The number of halogens is 1. The molecule has 9 heteroatoms. The monoisotopic (exact) mass is 386 g/mol. The zero-order chi connectivity index (χ0) is 17.3. The molecule has 3 rings (SSSR count). The number of fused-ring (bicyclic) bond motifs is 1. The number of pyridine rings is 1. The molecule has 6 nitrogen and oxygen atoms in total. The van der Waals surface area contributed by atoms with E-state index < -0.39 is 16.0 Å². The van der Waals surface area contributed by atoms with Crippen LogP contribution in [0.15, 0.2) is 23.2 Å². The molecule has 24 heavy (non-hydrogen) atoms. The second kappa shape index (κ2) is 6.70. The number of thiophene rings is 1. The Bertz CT molecular complexity index is 876. The van der Waals surface area contributed by atoms with Crippen LogP contribution in [0.25, 0.3) is 0 Å². The molecule has 128 valence electrons. The summed E-state index contributed by atoms with van der Waals surface area (Å²) in [7, 11) is -3.86. The van der Waals surface area contributed by atoms with Crippen molar-refractivity contribution in [3.05, 3.63) is 39.5 Å². The van der Waals surface area contributed by atoms with Gasteiger partial charge < -0.3 is 4.74 Å². The van der Waals surface area contributed by atoms with Gasteiger partial charge in [-0.25, -0.2) is 18.2 Å². The fraction of sp³-hybridized carbons (Fsp3) is 0.333. The summed E-state index contributed by atoms with van der Waals surface area (Å²) in [5, 5.41) is 0.504. The fourth-order valence-electron chi connectivity index (χ4n) is 2.60. The average Bonchev–Trinajstić information content (AvgIpc) is 3.07. The topological polar surface area (TPSA) is 85.4 Å². The molecule has 1 N–H and O–H groups in total. The standard InChI is InChI=1S/C15H15ClN2O4S2/c1-2-22-15(19)13-10-4-3-5-11(10)23-14(13)18-24(20,21)9-6-7-12(16)17-8-9/h6-8,18H,2-5H2,1H3. The van der Waals surface area contributed by atoms with Crippen LogP contribution in [0, 0.1) is 0 Å². The van der Waals surface area contributed by atoms with Gasteiger partial charge >= 0.3 is 5.97 Å². The van der Waals surface area contributed by atoms with Gasteiger partial charge in [0.25, 0.3) is 10.0 Å². The number of carbonyl (C=O) groups is 1. The van der Waals surface area contributed by atoms with Crippen molar-refractivity contribution in [3.8, 4) is 0 Å². The number of hydrogen-bond acceptors (Lipinski definition) is 6. The maximum atomic E-state index is 12.5. The SMILES string of the molecule is CCOC(=O)c1c(NS(=O)(=O)c2ccc(Cl)nc2)sc2c1CCC2. The summed E-state index contributed by atoms with van der Waals surface area (Å²) in [6.45, 7) is 1.95. The highest BCUT2D eigenvalue weighted by molar-refractivity contribution is 7.93. The van der Waals surface area contributed by atoms with Gasteiger partial charge in [-0.1, -0.05) is 11.6 Å². The Balaban J connectivity index is 1.98. The number of aromatic nitrogens is 1. The quantitative estimate of drug-likeness (QED) is 0.629. The highest BCUT2D eigenvalue weighted by Crippen LogP contribution is 2.40. The van der Waals surface area contributed by atoms with Crippen LogP contribution in [-0.4, -0.2) is 26.0 Å². The molecule has 1 aliphatic rings. The van der Waals surface area contributed by atoms with Crippen molar-refractivity contribution in [1.29, 1.82) is 0 Å². The molecule has 0 fully saturated rings. The van der Waals surface area contributed by atoms with E-state index >= 15 is 0 Å². The van der Waals surface area contributed by atoms with E-state index in [-0.39, 0.29) is 16.7 Å². The fourth-order valence-corrected chi connectivity index (χ4v) is 5.24. The first-order valence-corrected chi connectivity index (χ1v) is 10.1. The Kier molecular flexibility index (Phi) is 4.80. The van der Waals surface area contributed by atoms with Crippen molar-refractivity contribution in [1.82, 2.24) is 4.98 Å². The van der Waals surface area contributed by atoms with Crippen LogP contribution >= 0.6 is 22.9 Å². The number of anilines is 1. The minimum absolute atomic E-state index is 0.0183. The van der Waals surface area contributed by atoms with Crippen LogP contribution in [0.1, 0.15) is 34.1 Å². The molecule has 0 atom stereocenters. The van der Waals surface area contributed by atoms with Crippen molar-refractivity contribution >= 4 is 43.9 Å². The van der Waals surface area contributed by atoms with E-state index in [0.717, 1.165) is 29.7 Å². The molecular weight excluding hydrogens is 372 g/mol. The summed E-state index contributed by atoms with van der Waals surface area (Å²) in [4.78, 5) is 17.1. The molecule has 0 saturated heterocycles. The molecule has 2 heterocycles. The van der Waals surface area contributed by atoms with Crippen molar-refractivity contribution in [2.45, 2.75) is 31.1 Å². The Hall–Kier alpha value is -1.64. The number of aryl methyl sites for hydroxylation is 1. The van der Waals surface area contributed by atoms with Gasteiger partial charge in [0.05, 0.1) is 12.2 Å². The van der Waals surface area contributed by atoms with Crippen LogP contribution in [0.4, 0.5) is 5.00 Å². The Morgan fingerprint density at radius 3 is 2.88 bits per heavy atom. The third-order valence-electron chi connectivity index (χ3n) is 3.64. The first kappa shape index (κ1) is 17.2. The van der Waals surface area contributed by atoms with E-state index in [1.54, 1.807) is 6.92 Å². The molecule has 0 aliphatic heterocycles. The van der Waals surface area contributed by atoms with Crippen LogP contribution in [0.2, 0.25) is 5.15 Å². The van der Waals surface area contributed by atoms with E-state index in [4.69, 9.17) is 16.3 Å². The lowest BCUT2D eigenvalue weighted by Gasteiger charge is -2.09. The predicted molar refractivity (Wildman–Crippen MR) is 92.4 cm³/mol. The first-order chi connectivity index (χ1) is 11.4. The summed E-state index contributed by atoms with van der Waals surface area (Å²) in [6, 6.07) is 2.76. The van der Waals surface area contributed by atoms with Crippen LogP contribution in [0.3, 0.4) is 0 Å². The van der Waals surface area contributed by atoms with Crippen LogP contribution in [0.5, 0.6) is 0 Å². The minimum atomic E-state index is -3.86. The zero-order valence-electron chi connectivity index (χ0n) is 12.8. The van der Waals surface area contributed by atoms with Gasteiger partial charge in [0, 0.05) is 11.1 Å². The summed E-state index contributed by atoms with van der Waals surface area (Å²) in [6.07, 6.45) is 3.73. The number of hydrogen-bond donors (Lipinski definition) is 1. The molecule has 0 spiro atoms. The zero-order valence-corrected chi connectivity index (χ0v) is 15.2. The van der Waals surface area contributed by atoms with Gasteiger partial charge in [-0.2, -0.15) is 0 Å². The van der Waals surface area contributed by atoms with Gasteiger partial charge in [-0.05, 0) is 43.9 Å². The normalized spacial score (nSPS) is 13.6. The number of rotatable bonds is 5. The molecule has 0 amide bonds. The smallest absolute Gasteiger partial charge is 0.341 e. The number of nitrogens with zero attached hydrogens (tertiary/aromatic N) is 1. The van der Waals surface area contributed by atoms with Gasteiger partial charge in [0.15, 0.2) is 0 Å². The Morgan fingerprint density at radius 2 is 2.21 bits per heavy atom. The van der Waals surface area contributed by atoms with Gasteiger partial charge in [-0.15, -0.1) is 11.3 Å². The largest absolute Gasteiger partial charge is 0.462 e. The number of ether oxygens (including phenoxy) is 1. The molecular formula is C15H15ClN2O4S2. The lowest BCUT2D eigenvalue weighted by atomic mass is 10.1. The lowest BCUT2D eigenvalue weighted by Crippen LogP contribution is -2.16. The molecule has 1 aliphatic carbocycles. The van der Waals surface area contributed by atoms with Crippen molar-refractivity contribution < 1.29 is 17.9 Å². The first-order valence-electron chi connectivity index (χ1n) is 7.38. The van der Waals surface area contributed by atoms with E-state index in [9.17, 15) is 13.2 Å². The molecule has 2 aromatic heterocycles. The second-order valence-corrected chi connectivity index (χ2v) is 8.38. The molecule has 0 radical (unpaired) electrons. The van der Waals surface area contributed by atoms with Crippen LogP contribution < -0.4 is 4.72 Å². The molecule has 0 saturated carbocycles. The maximum Gasteiger partial charge on any atom is 0.341 e. The number of sulfonamides is 1. The van der Waals surface area contributed by atoms with Crippen molar-refractivity contribution in [2.75, 3.05) is 11.3 Å². The summed E-state index contributed by atoms with van der Waals surface area (Å²) < 4.78 is 32.7. The van der Waals surface area contributed by atoms with Crippen molar-refractivity contribution in [2.24, 2.45) is 0 Å². The maximum absolute atomic E-state index is 12.5. The number of nitrogens with one attached hydrogen (secondary N) is 1. The highest BCUT2D eigenvalue weighted by Gasteiger charge is 2.29. The molecule has 2 aromatic rings. The summed E-state index contributed by atoms with van der Waals surface area (Å²) in [5.74, 6) is -0.496. The third-order valence-corrected chi connectivity index (χ3v) is 6.53. The molecule has 0 unspecified atom stereocenters. The minimum Gasteiger partial charge on any atom is -0.462 e. The van der Waals surface area contributed by atoms with Crippen LogP contribution in [-0.2, 0) is 27.6 Å². The number of carbonyl (C=O) groups excluding carboxylic acids is 1. The summed E-state index contributed by atoms with van der Waals surface area (Å²) in [5.41, 5.74) is 1.23.